The molecule has 2 fully saturated rings. The number of fused-ring (bicyclic) bond motifs is 8. The number of nitrogens with zero attached hydrogens (tertiary/aromatic N) is 2. The molecule has 15 heteroatoms. The minimum atomic E-state index is -2.47. The number of hydrogen-bond acceptors (Lipinski definition) is 14. The van der Waals surface area contributed by atoms with Crippen LogP contribution in [-0.2, 0) is 44.9 Å². The number of aromatic hydroxyl groups is 1. The molecule has 12 rings (SSSR count). The third kappa shape index (κ3) is 7.52. The lowest BCUT2D eigenvalue weighted by atomic mass is 9.69. The van der Waals surface area contributed by atoms with Gasteiger partial charge in [-0.15, -0.1) is 0 Å². The van der Waals surface area contributed by atoms with Gasteiger partial charge in [-0.2, -0.15) is 4.99 Å². The molecule has 372 valence electrons. The smallest absolute Gasteiger partial charge is 0.254 e. The minimum absolute atomic E-state index is 0.00301. The Morgan fingerprint density at radius 3 is 2.79 bits per heavy atom. The van der Waals surface area contributed by atoms with Crippen LogP contribution in [0.25, 0.3) is 22.4 Å². The molecule has 4 aromatic carbocycles. The average molecular weight is 977 g/mol. The van der Waals surface area contributed by atoms with Crippen molar-refractivity contribution in [2.75, 3.05) is 47.1 Å². The van der Waals surface area contributed by atoms with Crippen LogP contribution in [-0.4, -0.2) is 127 Å². The Bertz CT molecular complexity index is 3060. The first kappa shape index (κ1) is 46.8. The fourth-order valence-corrected chi connectivity index (χ4v) is 12.6. The van der Waals surface area contributed by atoms with Gasteiger partial charge in [0.1, 0.15) is 53.8 Å². The van der Waals surface area contributed by atoms with E-state index in [0.29, 0.717) is 48.3 Å². The molecule has 5 heterocycles. The fourth-order valence-electron chi connectivity index (χ4n) is 12.6. The van der Waals surface area contributed by atoms with Gasteiger partial charge in [-0.1, -0.05) is 30.6 Å². The largest absolute Gasteiger partial charge is 0.506 e. The van der Waals surface area contributed by atoms with E-state index in [1.165, 1.54) is 4.90 Å². The van der Waals surface area contributed by atoms with Crippen molar-refractivity contribution >= 4 is 46.0 Å². The Balaban J connectivity index is 1.07. The van der Waals surface area contributed by atoms with E-state index in [0.717, 1.165) is 94.8 Å². The maximum Gasteiger partial charge on any atom is 0.254 e. The lowest BCUT2D eigenvalue weighted by molar-refractivity contribution is -0.328. The number of aliphatic imine (C=N–C) groups is 1. The van der Waals surface area contributed by atoms with Gasteiger partial charge >= 0.3 is 0 Å². The van der Waals surface area contributed by atoms with Crippen LogP contribution in [0.1, 0.15) is 110 Å². The molecule has 15 nitrogen and oxygen atoms in total. The van der Waals surface area contributed by atoms with Gasteiger partial charge in [-0.25, -0.2) is 0 Å². The lowest BCUT2D eigenvalue weighted by Crippen LogP contribution is -2.70. The van der Waals surface area contributed by atoms with Gasteiger partial charge in [-0.3, -0.25) is 9.59 Å². The van der Waals surface area contributed by atoms with Crippen molar-refractivity contribution in [3.05, 3.63) is 110 Å². The first-order valence-corrected chi connectivity index (χ1v) is 25.2. The molecule has 72 heavy (non-hydrogen) atoms. The summed E-state index contributed by atoms with van der Waals surface area (Å²) in [7, 11) is 3.28. The third-order valence-electron chi connectivity index (χ3n) is 16.2. The molecule has 8 aliphatic rings. The number of unbranched alkanes of at least 4 members (excludes halogenated alkanes) is 1. The van der Waals surface area contributed by atoms with E-state index in [-0.39, 0.29) is 66.3 Å². The predicted molar refractivity (Wildman–Crippen MR) is 266 cm³/mol. The van der Waals surface area contributed by atoms with Crippen molar-refractivity contribution in [2.24, 2.45) is 10.9 Å². The number of methoxy groups -OCH3 is 2. The molecule has 5 N–H and O–H groups in total. The maximum atomic E-state index is 15.4. The van der Waals surface area contributed by atoms with Crippen LogP contribution in [0.3, 0.4) is 0 Å². The Hall–Kier alpha value is -6.22. The zero-order chi connectivity index (χ0) is 49.4. The number of nitrogens with one attached hydrogen (secondary N) is 1. The molecule has 1 amide bonds. The minimum Gasteiger partial charge on any atom is -0.506 e. The number of amides is 1. The molecule has 8 bridgehead atoms. The van der Waals surface area contributed by atoms with Crippen LogP contribution in [0.4, 0.5) is 5.69 Å². The number of phenolic OH excluding ortho intramolecular Hbond substituents is 1. The Labute approximate surface area is 417 Å². The molecule has 0 aromatic heterocycles. The van der Waals surface area contributed by atoms with Crippen LogP contribution in [0.15, 0.2) is 53.5 Å². The molecule has 0 unspecified atom stereocenters. The maximum absolute atomic E-state index is 15.4. The predicted octanol–water partition coefficient (Wildman–Crippen LogP) is 5.98. The van der Waals surface area contributed by atoms with Crippen molar-refractivity contribution in [1.82, 2.24) is 10.2 Å². The molecule has 4 aromatic rings. The number of allylic oxidation sites excluding steroid dienone is 2. The van der Waals surface area contributed by atoms with E-state index in [1.807, 2.05) is 24.3 Å². The number of hydrogen-bond donors (Lipinski definition) is 5. The monoisotopic (exact) mass is 976 g/mol. The number of aliphatic hydroxyl groups excluding tert-OH is 2. The highest BCUT2D eigenvalue weighted by molar-refractivity contribution is 6.17. The van der Waals surface area contributed by atoms with E-state index in [9.17, 15) is 25.2 Å². The van der Waals surface area contributed by atoms with Crippen LogP contribution < -0.4 is 14.8 Å². The SMILES string of the molecule is COCCCCNCc1ccc2c(c1)[C+]([C@H]1/C=C\c3c(OC)c4c5c6c(c7c(O)c5c3O[C@H]3O[C@H](CO1)[C@@H](O)[C@H](OC#CCc1cccc5c1CN(CC7=O)C5=O)[C@]3(O)CO)[C@H]1CCC[C@H]1C=C6CC4)C=N2. The first-order valence-electron chi connectivity index (χ1n) is 25.2. The van der Waals surface area contributed by atoms with Gasteiger partial charge in [0.15, 0.2) is 28.7 Å². The Morgan fingerprint density at radius 1 is 1.06 bits per heavy atom. The second-order valence-electron chi connectivity index (χ2n) is 20.3. The van der Waals surface area contributed by atoms with Crippen molar-refractivity contribution in [3.8, 4) is 29.3 Å². The molecular weight excluding hydrogens is 919 g/mol. The van der Waals surface area contributed by atoms with E-state index in [2.05, 4.69) is 29.5 Å². The number of aliphatic hydroxyl groups is 3. The number of Topliss-reactive ketones (excluding diaryl/α,β-unsaturated/α-hetero) is 1. The second kappa shape index (κ2) is 18.7. The average Bonchev–Trinajstić information content (AvgIpc) is 4.12. The van der Waals surface area contributed by atoms with Crippen molar-refractivity contribution in [2.45, 2.75) is 107 Å². The summed E-state index contributed by atoms with van der Waals surface area (Å²) in [5, 5.41) is 53.8. The number of ether oxygens (including phenoxy) is 6. The summed E-state index contributed by atoms with van der Waals surface area (Å²) in [4.78, 5) is 35.9. The van der Waals surface area contributed by atoms with E-state index in [4.69, 9.17) is 33.4 Å². The van der Waals surface area contributed by atoms with Crippen LogP contribution in [0.2, 0.25) is 0 Å². The number of rotatable bonds is 10. The highest BCUT2D eigenvalue weighted by Crippen LogP contribution is 2.60. The number of phenols is 1. The van der Waals surface area contributed by atoms with Gasteiger partial charge in [0.25, 0.3) is 5.91 Å². The van der Waals surface area contributed by atoms with Gasteiger partial charge in [0.2, 0.25) is 6.29 Å². The standard InChI is InChI=1S/C57H57N3O12/c1-67-20-4-3-19-58-24-30-13-17-41-38(22-30)39(25-59-41)43-18-16-37-52(68-2)36-15-14-33-23-32-9-6-11-34(32)46-45(33)47(36)49-51(64)48(46)42(62)27-60-26-40-31(8-5-12-35(40)55(60)65)10-7-21-69-54-50(63)44(28-70-43)71-56(72-53(37)49)57(54,66)29-61/h5,8,12-13,16-18,22-23,25,32,34,43-44,50,54,56,58,61,63,66H,3-4,6,9-11,14-15,19-20,24,26-29H2,1-2H3/p+1/b18-16-/t32-,34-,43+,44+,50+,54-,56+,57+/m0/s1. The summed E-state index contributed by atoms with van der Waals surface area (Å²) in [6, 6.07) is 11.5. The number of carbonyl (C=O) groups is 2. The molecule has 8 atom stereocenters. The quantitative estimate of drug-likeness (QED) is 0.0708. The molecule has 1 saturated carbocycles. The Kier molecular flexibility index (Phi) is 12.1. The molecule has 0 spiro atoms. The van der Waals surface area contributed by atoms with Crippen LogP contribution in [0, 0.1) is 23.9 Å². The number of benzene rings is 4. The molecule has 1 saturated heterocycles. The van der Waals surface area contributed by atoms with Crippen molar-refractivity contribution in [3.63, 3.8) is 0 Å². The zero-order valence-corrected chi connectivity index (χ0v) is 40.4. The van der Waals surface area contributed by atoms with Gasteiger partial charge in [0.05, 0.1) is 49.4 Å². The lowest BCUT2D eigenvalue weighted by Gasteiger charge is -2.47. The molecular formula is C57H58N3O12+. The van der Waals surface area contributed by atoms with Crippen molar-refractivity contribution < 1.29 is 58.4 Å². The zero-order valence-electron chi connectivity index (χ0n) is 40.4. The Morgan fingerprint density at radius 2 is 1.94 bits per heavy atom. The fraction of sp³-hybridized carbons (Fsp3) is 0.439. The normalized spacial score (nSPS) is 28.0. The van der Waals surface area contributed by atoms with Gasteiger partial charge < -0.3 is 59.1 Å². The summed E-state index contributed by atoms with van der Waals surface area (Å²) in [6.07, 6.45) is 9.32. The summed E-state index contributed by atoms with van der Waals surface area (Å²) < 4.78 is 38.1. The van der Waals surface area contributed by atoms with Gasteiger partial charge in [0, 0.05) is 61.4 Å². The number of aryl methyl sites for hydroxylation is 1. The van der Waals surface area contributed by atoms with E-state index in [1.54, 1.807) is 38.6 Å². The highest BCUT2D eigenvalue weighted by atomic mass is 16.7. The van der Waals surface area contributed by atoms with E-state index < -0.39 is 48.7 Å². The van der Waals surface area contributed by atoms with Crippen LogP contribution in [0.5, 0.6) is 17.2 Å². The summed E-state index contributed by atoms with van der Waals surface area (Å²) in [5.41, 5.74) is 6.09. The molecule has 3 aliphatic carbocycles. The summed E-state index contributed by atoms with van der Waals surface area (Å²) in [6.45, 7) is 0.788. The number of carbonyl (C=O) groups excluding carboxylic acids is 2. The van der Waals surface area contributed by atoms with Crippen LogP contribution >= 0.6 is 0 Å². The van der Waals surface area contributed by atoms with Crippen molar-refractivity contribution in [1.29, 1.82) is 0 Å². The van der Waals surface area contributed by atoms with E-state index >= 15 is 4.79 Å². The third-order valence-corrected chi connectivity index (χ3v) is 16.2. The second-order valence-corrected chi connectivity index (χ2v) is 20.3. The summed E-state index contributed by atoms with van der Waals surface area (Å²) in [5.74, 6) is 3.25. The molecule has 5 aliphatic heterocycles. The highest BCUT2D eigenvalue weighted by Gasteiger charge is 2.59. The number of ketones is 1. The summed E-state index contributed by atoms with van der Waals surface area (Å²) >= 11 is 0. The van der Waals surface area contributed by atoms with Gasteiger partial charge in [-0.05, 0) is 109 Å². The first-order chi connectivity index (χ1) is 35.1. The molecule has 0 radical (unpaired) electrons. The topological polar surface area (TPSA) is 198 Å².